The van der Waals surface area contributed by atoms with Gasteiger partial charge in [-0.3, -0.25) is 13.9 Å². The number of carbonyl (C=O) groups is 2. The van der Waals surface area contributed by atoms with E-state index in [9.17, 15) is 22.4 Å². The first-order chi connectivity index (χ1) is 19.2. The molecular weight excluding hydrogens is 529 g/mol. The van der Waals surface area contributed by atoms with Crippen molar-refractivity contribution in [2.24, 2.45) is 0 Å². The van der Waals surface area contributed by atoms with Crippen molar-refractivity contribution in [2.75, 3.05) is 10.8 Å². The maximum Gasteiger partial charge on any atom is 0.264 e. The van der Waals surface area contributed by atoms with Crippen molar-refractivity contribution in [3.63, 3.8) is 0 Å². The Balaban J connectivity index is 1.68. The van der Waals surface area contributed by atoms with Gasteiger partial charge in [0.05, 0.1) is 10.6 Å². The molecule has 0 heterocycles. The number of aryl methyl sites for hydroxylation is 1. The summed E-state index contributed by atoms with van der Waals surface area (Å²) in [5, 5.41) is 3.11. The second-order valence-electron chi connectivity index (χ2n) is 10.2. The van der Waals surface area contributed by atoms with E-state index in [0.717, 1.165) is 53.2 Å². The molecule has 1 fully saturated rings. The Bertz CT molecular complexity index is 1390. The smallest absolute Gasteiger partial charge is 0.264 e. The number of amides is 2. The van der Waals surface area contributed by atoms with Crippen molar-refractivity contribution in [3.05, 3.63) is 95.8 Å². The lowest BCUT2D eigenvalue weighted by Gasteiger charge is -2.33. The van der Waals surface area contributed by atoms with Crippen molar-refractivity contribution in [1.82, 2.24) is 10.2 Å². The molecule has 0 bridgehead atoms. The SMILES string of the molecule is CC[C@@H](C(=O)NC1CCCC1)N(Cc1ccc(C)cc1)C(=O)CN(c1ccccc1)S(=O)(=O)c1ccc(F)cc1. The molecule has 40 heavy (non-hydrogen) atoms. The Kier molecular flexibility index (Phi) is 9.58. The molecule has 4 rings (SSSR count). The molecule has 1 aliphatic rings. The first-order valence-electron chi connectivity index (χ1n) is 13.7. The van der Waals surface area contributed by atoms with Gasteiger partial charge in [0.1, 0.15) is 18.4 Å². The van der Waals surface area contributed by atoms with Gasteiger partial charge < -0.3 is 10.2 Å². The predicted molar refractivity (Wildman–Crippen MR) is 154 cm³/mol. The average Bonchev–Trinajstić information content (AvgIpc) is 3.46. The molecule has 3 aromatic rings. The molecule has 0 spiro atoms. The standard InChI is InChI=1S/C31H36FN3O4S/c1-3-29(31(37)33-26-9-7-8-10-26)34(21-24-15-13-23(2)14-16-24)30(36)22-35(27-11-5-4-6-12-27)40(38,39)28-19-17-25(32)18-20-28/h4-6,11-20,26,29H,3,7-10,21-22H2,1-2H3,(H,33,37)/t29-/m0/s1. The second kappa shape index (κ2) is 13.1. The fourth-order valence-corrected chi connectivity index (χ4v) is 6.45. The van der Waals surface area contributed by atoms with Crippen molar-refractivity contribution in [2.45, 2.75) is 69.5 Å². The van der Waals surface area contributed by atoms with Gasteiger partial charge in [0, 0.05) is 12.6 Å². The van der Waals surface area contributed by atoms with Gasteiger partial charge in [0.25, 0.3) is 10.0 Å². The fourth-order valence-electron chi connectivity index (χ4n) is 5.03. The Hall–Kier alpha value is -3.72. The molecule has 3 aromatic carbocycles. The maximum absolute atomic E-state index is 14.1. The molecule has 0 saturated heterocycles. The highest BCUT2D eigenvalue weighted by molar-refractivity contribution is 7.92. The number of nitrogens with one attached hydrogen (secondary N) is 1. The van der Waals surface area contributed by atoms with Gasteiger partial charge in [0.2, 0.25) is 11.8 Å². The van der Waals surface area contributed by atoms with E-state index in [-0.39, 0.29) is 23.4 Å². The summed E-state index contributed by atoms with van der Waals surface area (Å²) in [6, 6.07) is 19.8. The van der Waals surface area contributed by atoms with Crippen molar-refractivity contribution < 1.29 is 22.4 Å². The van der Waals surface area contributed by atoms with E-state index < -0.39 is 34.3 Å². The third-order valence-electron chi connectivity index (χ3n) is 7.29. The molecule has 212 valence electrons. The third kappa shape index (κ3) is 7.07. The average molecular weight is 566 g/mol. The van der Waals surface area contributed by atoms with E-state index in [4.69, 9.17) is 0 Å². The largest absolute Gasteiger partial charge is 0.352 e. The van der Waals surface area contributed by atoms with E-state index in [1.54, 1.807) is 30.3 Å². The minimum absolute atomic E-state index is 0.0811. The van der Waals surface area contributed by atoms with E-state index in [0.29, 0.717) is 12.1 Å². The summed E-state index contributed by atoms with van der Waals surface area (Å²) in [6.45, 7) is 3.44. The van der Waals surface area contributed by atoms with Gasteiger partial charge >= 0.3 is 0 Å². The summed E-state index contributed by atoms with van der Waals surface area (Å²) >= 11 is 0. The Morgan fingerprint density at radius 2 is 1.57 bits per heavy atom. The number of rotatable bonds is 11. The van der Waals surface area contributed by atoms with Gasteiger partial charge in [-0.2, -0.15) is 0 Å². The molecule has 0 aromatic heterocycles. The van der Waals surface area contributed by atoms with Crippen molar-refractivity contribution >= 4 is 27.5 Å². The van der Waals surface area contributed by atoms with Gasteiger partial charge in [-0.15, -0.1) is 0 Å². The fraction of sp³-hybridized carbons (Fsp3) is 0.355. The second-order valence-corrected chi connectivity index (χ2v) is 12.1. The Morgan fingerprint density at radius 1 is 0.950 bits per heavy atom. The van der Waals surface area contributed by atoms with Crippen LogP contribution in [0.15, 0.2) is 83.8 Å². The molecule has 1 N–H and O–H groups in total. The molecule has 7 nitrogen and oxygen atoms in total. The predicted octanol–water partition coefficient (Wildman–Crippen LogP) is 5.20. The highest BCUT2D eigenvalue weighted by Gasteiger charge is 2.34. The third-order valence-corrected chi connectivity index (χ3v) is 9.07. The Morgan fingerprint density at radius 3 is 2.17 bits per heavy atom. The molecule has 2 amide bonds. The van der Waals surface area contributed by atoms with E-state index in [2.05, 4.69) is 5.32 Å². The van der Waals surface area contributed by atoms with Gasteiger partial charge in [-0.25, -0.2) is 12.8 Å². The van der Waals surface area contributed by atoms with Crippen LogP contribution in [0.2, 0.25) is 0 Å². The molecule has 9 heteroatoms. The van der Waals surface area contributed by atoms with Crippen LogP contribution in [-0.2, 0) is 26.2 Å². The lowest BCUT2D eigenvalue weighted by atomic mass is 10.1. The van der Waals surface area contributed by atoms with Crippen LogP contribution < -0.4 is 9.62 Å². The number of hydrogen-bond donors (Lipinski definition) is 1. The highest BCUT2D eigenvalue weighted by Crippen LogP contribution is 2.25. The van der Waals surface area contributed by atoms with Gasteiger partial charge in [-0.05, 0) is 68.1 Å². The molecular formula is C31H36FN3O4S. The summed E-state index contributed by atoms with van der Waals surface area (Å²) in [5.41, 5.74) is 2.19. The van der Waals surface area contributed by atoms with Crippen LogP contribution in [0.25, 0.3) is 0 Å². The summed E-state index contributed by atoms with van der Waals surface area (Å²) in [4.78, 5) is 28.8. The first-order valence-corrected chi connectivity index (χ1v) is 15.1. The van der Waals surface area contributed by atoms with E-state index >= 15 is 0 Å². The van der Waals surface area contributed by atoms with Gasteiger partial charge in [-0.1, -0.05) is 67.8 Å². The van der Waals surface area contributed by atoms with E-state index in [1.165, 1.54) is 17.0 Å². The molecule has 1 atom stereocenters. The maximum atomic E-state index is 14.1. The van der Waals surface area contributed by atoms with E-state index in [1.807, 2.05) is 38.1 Å². The zero-order chi connectivity index (χ0) is 28.7. The minimum atomic E-state index is -4.23. The van der Waals surface area contributed by atoms with Crippen LogP contribution in [0.3, 0.4) is 0 Å². The number of carbonyl (C=O) groups excluding carboxylic acids is 2. The lowest BCUT2D eigenvalue weighted by molar-refractivity contribution is -0.140. The number of sulfonamides is 1. The van der Waals surface area contributed by atoms with Gasteiger partial charge in [0.15, 0.2) is 0 Å². The van der Waals surface area contributed by atoms with Crippen LogP contribution in [0, 0.1) is 12.7 Å². The summed E-state index contributed by atoms with van der Waals surface area (Å²) in [6.07, 6.45) is 4.30. The Labute approximate surface area is 236 Å². The summed E-state index contributed by atoms with van der Waals surface area (Å²) in [7, 11) is -4.23. The van der Waals surface area contributed by atoms with Crippen LogP contribution in [-0.4, -0.2) is 43.8 Å². The molecule has 0 radical (unpaired) electrons. The van der Waals surface area contributed by atoms with Crippen LogP contribution in [0.5, 0.6) is 0 Å². The van der Waals surface area contributed by atoms with Crippen LogP contribution in [0.1, 0.15) is 50.2 Å². The quantitative estimate of drug-likeness (QED) is 0.347. The number of para-hydroxylation sites is 1. The number of anilines is 1. The summed E-state index contributed by atoms with van der Waals surface area (Å²) < 4.78 is 42.1. The number of halogens is 1. The molecule has 0 aliphatic heterocycles. The highest BCUT2D eigenvalue weighted by atomic mass is 32.2. The van der Waals surface area contributed by atoms with Crippen LogP contribution >= 0.6 is 0 Å². The minimum Gasteiger partial charge on any atom is -0.352 e. The lowest BCUT2D eigenvalue weighted by Crippen LogP contribution is -2.53. The molecule has 0 unspecified atom stereocenters. The number of nitrogens with zero attached hydrogens (tertiary/aromatic N) is 2. The summed E-state index contributed by atoms with van der Waals surface area (Å²) in [5.74, 6) is -1.31. The van der Waals surface area contributed by atoms with Crippen LogP contribution in [0.4, 0.5) is 10.1 Å². The zero-order valence-corrected chi connectivity index (χ0v) is 23.7. The monoisotopic (exact) mass is 565 g/mol. The zero-order valence-electron chi connectivity index (χ0n) is 22.9. The van der Waals surface area contributed by atoms with Crippen molar-refractivity contribution in [3.8, 4) is 0 Å². The van der Waals surface area contributed by atoms with Crippen molar-refractivity contribution in [1.29, 1.82) is 0 Å². The number of hydrogen-bond acceptors (Lipinski definition) is 4. The molecule has 1 aliphatic carbocycles. The number of benzene rings is 3. The molecule has 1 saturated carbocycles. The first kappa shape index (κ1) is 29.3. The normalized spacial score (nSPS) is 14.5. The topological polar surface area (TPSA) is 86.8 Å².